The van der Waals surface area contributed by atoms with Gasteiger partial charge in [-0.2, -0.15) is 0 Å². The number of amides is 1. The average molecular weight is 418 g/mol. The van der Waals surface area contributed by atoms with Gasteiger partial charge in [0.25, 0.3) is 0 Å². The van der Waals surface area contributed by atoms with Crippen LogP contribution >= 0.6 is 11.8 Å². The van der Waals surface area contributed by atoms with E-state index in [0.29, 0.717) is 5.91 Å². The molecule has 2 aliphatic rings. The Morgan fingerprint density at radius 1 is 1.07 bits per heavy atom. The van der Waals surface area contributed by atoms with Crippen molar-refractivity contribution in [2.45, 2.75) is 37.6 Å². The maximum atomic E-state index is 12.7. The largest absolute Gasteiger partial charge is 0.357 e. The first kappa shape index (κ1) is 22.0. The Morgan fingerprint density at radius 2 is 1.76 bits per heavy atom. The Labute approximate surface area is 179 Å². The first-order chi connectivity index (χ1) is 14.2. The van der Waals surface area contributed by atoms with E-state index in [-0.39, 0.29) is 6.04 Å². The lowest BCUT2D eigenvalue weighted by molar-refractivity contribution is -0.135. The third kappa shape index (κ3) is 6.37. The summed E-state index contributed by atoms with van der Waals surface area (Å²) < 4.78 is 0. The van der Waals surface area contributed by atoms with Crippen molar-refractivity contribution in [2.24, 2.45) is 4.99 Å². The molecule has 1 aromatic rings. The summed E-state index contributed by atoms with van der Waals surface area (Å²) in [5.41, 5.74) is 0. The zero-order valence-corrected chi connectivity index (χ0v) is 18.7. The highest BCUT2D eigenvalue weighted by molar-refractivity contribution is 7.99. The van der Waals surface area contributed by atoms with E-state index in [1.807, 2.05) is 22.7 Å². The van der Waals surface area contributed by atoms with Crippen LogP contribution in [0, 0.1) is 0 Å². The van der Waals surface area contributed by atoms with Crippen LogP contribution in [0.2, 0.25) is 0 Å². The molecule has 1 atom stereocenters. The topological polar surface area (TPSA) is 51.2 Å². The van der Waals surface area contributed by atoms with Crippen LogP contribution in [0.5, 0.6) is 0 Å². The van der Waals surface area contributed by atoms with Crippen LogP contribution in [-0.2, 0) is 4.79 Å². The van der Waals surface area contributed by atoms with Gasteiger partial charge in [-0.05, 0) is 38.8 Å². The molecular weight excluding hydrogens is 382 g/mol. The van der Waals surface area contributed by atoms with Crippen molar-refractivity contribution < 1.29 is 4.79 Å². The second-order valence-corrected chi connectivity index (χ2v) is 8.80. The number of nitrogens with one attached hydrogen (secondary N) is 1. The monoisotopic (exact) mass is 417 g/mol. The molecule has 1 N–H and O–H groups in total. The zero-order chi connectivity index (χ0) is 20.5. The molecule has 29 heavy (non-hydrogen) atoms. The van der Waals surface area contributed by atoms with Gasteiger partial charge in [0.05, 0.1) is 12.6 Å². The molecule has 0 spiro atoms. The van der Waals surface area contributed by atoms with E-state index >= 15 is 0 Å². The molecular formula is C22H35N5OS. The van der Waals surface area contributed by atoms with Crippen molar-refractivity contribution in [2.75, 3.05) is 58.1 Å². The normalized spacial score (nSPS) is 19.4. The van der Waals surface area contributed by atoms with Crippen molar-refractivity contribution in [3.63, 3.8) is 0 Å². The SMILES string of the molecule is CCNC(=NCCSc1ccccc1)N1CCN(C(C)C(=O)N2CCCC2)CC1. The number of aliphatic imine (C=N–C) groups is 1. The van der Waals surface area contributed by atoms with Crippen LogP contribution in [-0.4, -0.2) is 90.7 Å². The molecule has 0 aromatic heterocycles. The molecule has 2 fully saturated rings. The van der Waals surface area contributed by atoms with Crippen LogP contribution in [0.4, 0.5) is 0 Å². The molecule has 7 heteroatoms. The molecule has 6 nitrogen and oxygen atoms in total. The molecule has 160 valence electrons. The third-order valence-electron chi connectivity index (χ3n) is 5.64. The number of nitrogens with zero attached hydrogens (tertiary/aromatic N) is 4. The number of thioether (sulfide) groups is 1. The van der Waals surface area contributed by atoms with Crippen molar-refractivity contribution in [3.8, 4) is 0 Å². The van der Waals surface area contributed by atoms with Crippen molar-refractivity contribution in [1.29, 1.82) is 0 Å². The molecule has 0 saturated carbocycles. The Bertz CT molecular complexity index is 654. The first-order valence-corrected chi connectivity index (χ1v) is 11.9. The average Bonchev–Trinajstić information content (AvgIpc) is 3.31. The van der Waals surface area contributed by atoms with Gasteiger partial charge in [-0.15, -0.1) is 11.8 Å². The lowest BCUT2D eigenvalue weighted by Gasteiger charge is -2.39. The number of carbonyl (C=O) groups is 1. The van der Waals surface area contributed by atoms with Crippen LogP contribution in [0.15, 0.2) is 40.2 Å². The quantitative estimate of drug-likeness (QED) is 0.319. The maximum Gasteiger partial charge on any atom is 0.239 e. The van der Waals surface area contributed by atoms with Crippen LogP contribution in [0.3, 0.4) is 0 Å². The van der Waals surface area contributed by atoms with Gasteiger partial charge in [0.2, 0.25) is 5.91 Å². The fourth-order valence-electron chi connectivity index (χ4n) is 3.94. The molecule has 3 rings (SSSR count). The maximum absolute atomic E-state index is 12.7. The van der Waals surface area contributed by atoms with E-state index in [1.165, 1.54) is 4.90 Å². The summed E-state index contributed by atoms with van der Waals surface area (Å²) in [6.45, 7) is 11.3. The van der Waals surface area contributed by atoms with Crippen molar-refractivity contribution >= 4 is 23.6 Å². The number of hydrogen-bond acceptors (Lipinski definition) is 4. The summed E-state index contributed by atoms with van der Waals surface area (Å²) in [7, 11) is 0. The van der Waals surface area contributed by atoms with Gasteiger partial charge in [0.15, 0.2) is 5.96 Å². The third-order valence-corrected chi connectivity index (χ3v) is 6.63. The minimum absolute atomic E-state index is 0.0166. The fraction of sp³-hybridized carbons (Fsp3) is 0.636. The molecule has 1 unspecified atom stereocenters. The van der Waals surface area contributed by atoms with Crippen molar-refractivity contribution in [3.05, 3.63) is 30.3 Å². The van der Waals surface area contributed by atoms with E-state index < -0.39 is 0 Å². The van der Waals surface area contributed by atoms with E-state index in [1.54, 1.807) is 0 Å². The Morgan fingerprint density at radius 3 is 2.41 bits per heavy atom. The summed E-state index contributed by atoms with van der Waals surface area (Å²) in [6.07, 6.45) is 2.30. The summed E-state index contributed by atoms with van der Waals surface area (Å²) in [6, 6.07) is 10.5. The summed E-state index contributed by atoms with van der Waals surface area (Å²) in [4.78, 5) is 25.5. The Kier molecular flexibility index (Phi) is 8.68. The van der Waals surface area contributed by atoms with Gasteiger partial charge in [0.1, 0.15) is 0 Å². The number of benzene rings is 1. The van der Waals surface area contributed by atoms with E-state index in [4.69, 9.17) is 4.99 Å². The molecule has 1 amide bonds. The minimum Gasteiger partial charge on any atom is -0.357 e. The molecule has 0 bridgehead atoms. The number of carbonyl (C=O) groups excluding carboxylic acids is 1. The summed E-state index contributed by atoms with van der Waals surface area (Å²) in [5, 5.41) is 3.44. The van der Waals surface area contributed by atoms with Gasteiger partial charge < -0.3 is 15.1 Å². The lowest BCUT2D eigenvalue weighted by Crippen LogP contribution is -2.57. The Balaban J connectivity index is 1.46. The van der Waals surface area contributed by atoms with Crippen molar-refractivity contribution in [1.82, 2.24) is 20.0 Å². The predicted octanol–water partition coefficient (Wildman–Crippen LogP) is 2.37. The Hall–Kier alpha value is -1.73. The summed E-state index contributed by atoms with van der Waals surface area (Å²) in [5.74, 6) is 2.27. The predicted molar refractivity (Wildman–Crippen MR) is 122 cm³/mol. The smallest absolute Gasteiger partial charge is 0.239 e. The highest BCUT2D eigenvalue weighted by Gasteiger charge is 2.30. The molecule has 0 radical (unpaired) electrons. The lowest BCUT2D eigenvalue weighted by atomic mass is 10.2. The first-order valence-electron chi connectivity index (χ1n) is 10.9. The molecule has 0 aliphatic carbocycles. The molecule has 2 saturated heterocycles. The van der Waals surface area contributed by atoms with E-state index in [2.05, 4.69) is 53.2 Å². The minimum atomic E-state index is -0.0166. The number of hydrogen-bond donors (Lipinski definition) is 1. The van der Waals surface area contributed by atoms with E-state index in [9.17, 15) is 4.79 Å². The highest BCUT2D eigenvalue weighted by atomic mass is 32.2. The molecule has 2 aliphatic heterocycles. The second-order valence-electron chi connectivity index (χ2n) is 7.63. The summed E-state index contributed by atoms with van der Waals surface area (Å²) >= 11 is 1.84. The number of rotatable bonds is 7. The number of piperazine rings is 1. The molecule has 1 aromatic carbocycles. The van der Waals surface area contributed by atoms with Crippen LogP contribution in [0.1, 0.15) is 26.7 Å². The van der Waals surface area contributed by atoms with Gasteiger partial charge in [0, 0.05) is 56.5 Å². The van der Waals surface area contributed by atoms with Crippen LogP contribution in [0.25, 0.3) is 0 Å². The standard InChI is InChI=1S/C22H35N5OS/c1-3-23-22(24-11-18-29-20-9-5-4-6-10-20)27-16-14-25(15-17-27)19(2)21(28)26-12-7-8-13-26/h4-6,9-10,19H,3,7-8,11-18H2,1-2H3,(H,23,24). The van der Waals surface area contributed by atoms with Gasteiger partial charge in [-0.1, -0.05) is 18.2 Å². The van der Waals surface area contributed by atoms with Gasteiger partial charge in [-0.3, -0.25) is 14.7 Å². The number of guanidine groups is 1. The van der Waals surface area contributed by atoms with E-state index in [0.717, 1.165) is 76.9 Å². The number of likely N-dealkylation sites (tertiary alicyclic amines) is 1. The van der Waals surface area contributed by atoms with Gasteiger partial charge >= 0.3 is 0 Å². The highest BCUT2D eigenvalue weighted by Crippen LogP contribution is 2.17. The van der Waals surface area contributed by atoms with Gasteiger partial charge in [-0.25, -0.2) is 0 Å². The molecule has 2 heterocycles. The fourth-order valence-corrected chi connectivity index (χ4v) is 4.70. The second kappa shape index (κ2) is 11.5. The van der Waals surface area contributed by atoms with Crippen LogP contribution < -0.4 is 5.32 Å². The zero-order valence-electron chi connectivity index (χ0n) is 17.8.